The zero-order valence-electron chi connectivity index (χ0n) is 15.8. The van der Waals surface area contributed by atoms with Gasteiger partial charge in [-0.05, 0) is 42.5 Å². The van der Waals surface area contributed by atoms with Crippen molar-refractivity contribution in [3.8, 4) is 5.75 Å². The predicted molar refractivity (Wildman–Crippen MR) is 111 cm³/mol. The molecule has 7 heteroatoms. The lowest BCUT2D eigenvalue weighted by atomic mass is 10.1. The number of anilines is 1. The molecule has 4 nitrogen and oxygen atoms in total. The van der Waals surface area contributed by atoms with Crippen LogP contribution in [0.25, 0.3) is 0 Å². The molecule has 0 atom stereocenters. The number of halogens is 3. The average molecular weight is 425 g/mol. The summed E-state index contributed by atoms with van der Waals surface area (Å²) in [7, 11) is 0. The van der Waals surface area contributed by atoms with Crippen molar-refractivity contribution in [2.45, 2.75) is 38.7 Å². The summed E-state index contributed by atoms with van der Waals surface area (Å²) in [6, 6.07) is 8.45. The molecule has 0 spiro atoms. The number of hydrogen-bond acceptors (Lipinski definition) is 3. The molecule has 2 aromatic rings. The molecule has 1 saturated heterocycles. The van der Waals surface area contributed by atoms with Crippen molar-refractivity contribution in [3.63, 3.8) is 0 Å². The molecule has 4 rings (SSSR count). The van der Waals surface area contributed by atoms with E-state index in [-0.39, 0.29) is 22.4 Å². The summed E-state index contributed by atoms with van der Waals surface area (Å²) in [6.45, 7) is 5.29. The molecule has 0 radical (unpaired) electrons. The highest BCUT2D eigenvalue weighted by Gasteiger charge is 2.31. The highest BCUT2D eigenvalue weighted by atomic mass is 35.5. The third kappa shape index (κ3) is 4.36. The Morgan fingerprint density at radius 1 is 1.14 bits per heavy atom. The number of amides is 1. The molecule has 0 unspecified atom stereocenters. The molecular formula is C21H23Cl2FN2O2. The predicted octanol–water partition coefficient (Wildman–Crippen LogP) is 5.40. The minimum atomic E-state index is -0.864. The van der Waals surface area contributed by atoms with Crippen molar-refractivity contribution < 1.29 is 13.9 Å². The number of nitrogens with two attached hydrogens (primary N) is 1. The third-order valence-electron chi connectivity index (χ3n) is 4.80. The first-order valence-electron chi connectivity index (χ1n) is 9.42. The number of carbonyl (C=O) groups is 1. The van der Waals surface area contributed by atoms with E-state index in [1.54, 1.807) is 0 Å². The zero-order chi connectivity index (χ0) is 20.4. The number of hydrogen-bond donors (Lipinski definition) is 1. The first-order valence-corrected chi connectivity index (χ1v) is 10.2. The minimum absolute atomic E-state index is 0.117. The third-order valence-corrected chi connectivity index (χ3v) is 5.42. The summed E-state index contributed by atoms with van der Waals surface area (Å²) < 4.78 is 19.6. The lowest BCUT2D eigenvalue weighted by molar-refractivity contribution is 0.0996. The van der Waals surface area contributed by atoms with Gasteiger partial charge in [0.05, 0.1) is 23.7 Å². The SMILES string of the molecule is CC.NC(=O)c1cc(Cl)c(OC2CN(c3ccc(C4CC4)c(Cl)c3)C2)cc1F. The first-order chi connectivity index (χ1) is 13.4. The van der Waals surface area contributed by atoms with Gasteiger partial charge < -0.3 is 15.4 Å². The van der Waals surface area contributed by atoms with Crippen LogP contribution in [0.2, 0.25) is 10.0 Å². The first kappa shape index (κ1) is 20.7. The van der Waals surface area contributed by atoms with Gasteiger partial charge in [-0.3, -0.25) is 4.79 Å². The van der Waals surface area contributed by atoms with Crippen LogP contribution in [0.15, 0.2) is 30.3 Å². The smallest absolute Gasteiger partial charge is 0.251 e. The Kier molecular flexibility index (Phi) is 6.36. The molecule has 1 aliphatic heterocycles. The molecule has 0 aromatic heterocycles. The maximum absolute atomic E-state index is 13.9. The van der Waals surface area contributed by atoms with Gasteiger partial charge >= 0.3 is 0 Å². The Morgan fingerprint density at radius 3 is 2.39 bits per heavy atom. The van der Waals surface area contributed by atoms with Gasteiger partial charge in [0.25, 0.3) is 5.91 Å². The van der Waals surface area contributed by atoms with Crippen LogP contribution in [0.3, 0.4) is 0 Å². The van der Waals surface area contributed by atoms with E-state index in [0.29, 0.717) is 19.0 Å². The molecule has 1 saturated carbocycles. The van der Waals surface area contributed by atoms with Gasteiger partial charge in [0.1, 0.15) is 17.7 Å². The van der Waals surface area contributed by atoms with Gasteiger partial charge in [-0.2, -0.15) is 0 Å². The summed E-state index contributed by atoms with van der Waals surface area (Å²) in [5.74, 6) is -0.779. The highest BCUT2D eigenvalue weighted by Crippen LogP contribution is 2.44. The summed E-state index contributed by atoms with van der Waals surface area (Å²) in [5.41, 5.74) is 7.12. The second-order valence-corrected chi connectivity index (χ2v) is 7.57. The van der Waals surface area contributed by atoms with Crippen LogP contribution in [0.1, 0.15) is 48.5 Å². The van der Waals surface area contributed by atoms with Crippen molar-refractivity contribution in [1.29, 1.82) is 0 Å². The number of benzene rings is 2. The molecule has 1 aliphatic carbocycles. The van der Waals surface area contributed by atoms with Gasteiger partial charge in [0.15, 0.2) is 0 Å². The maximum Gasteiger partial charge on any atom is 0.251 e. The fourth-order valence-corrected chi connectivity index (χ4v) is 3.69. The van der Waals surface area contributed by atoms with Crippen LogP contribution in [0.5, 0.6) is 5.75 Å². The Balaban J connectivity index is 0.00000109. The van der Waals surface area contributed by atoms with Gasteiger partial charge in [-0.25, -0.2) is 4.39 Å². The Bertz CT molecular complexity index is 881. The van der Waals surface area contributed by atoms with Crippen molar-refractivity contribution >= 4 is 34.8 Å². The monoisotopic (exact) mass is 424 g/mol. The fraction of sp³-hybridized carbons (Fsp3) is 0.381. The van der Waals surface area contributed by atoms with Crippen LogP contribution < -0.4 is 15.4 Å². The van der Waals surface area contributed by atoms with Crippen molar-refractivity contribution in [2.75, 3.05) is 18.0 Å². The van der Waals surface area contributed by atoms with E-state index in [9.17, 15) is 9.18 Å². The van der Waals surface area contributed by atoms with Crippen LogP contribution in [0, 0.1) is 5.82 Å². The van der Waals surface area contributed by atoms with Crippen LogP contribution >= 0.6 is 23.2 Å². The summed E-state index contributed by atoms with van der Waals surface area (Å²) >= 11 is 12.4. The molecule has 1 amide bonds. The second-order valence-electron chi connectivity index (χ2n) is 6.75. The molecule has 2 fully saturated rings. The van der Waals surface area contributed by atoms with E-state index in [0.717, 1.165) is 16.8 Å². The van der Waals surface area contributed by atoms with Crippen molar-refractivity contribution in [1.82, 2.24) is 0 Å². The van der Waals surface area contributed by atoms with Crippen LogP contribution in [-0.4, -0.2) is 25.1 Å². The topological polar surface area (TPSA) is 55.6 Å². The second kappa shape index (κ2) is 8.58. The van der Waals surface area contributed by atoms with Gasteiger partial charge in [-0.1, -0.05) is 43.1 Å². The minimum Gasteiger partial charge on any atom is -0.485 e. The quantitative estimate of drug-likeness (QED) is 0.698. The van der Waals surface area contributed by atoms with E-state index in [1.165, 1.54) is 24.5 Å². The number of ether oxygens (including phenoxy) is 1. The Morgan fingerprint density at radius 2 is 1.82 bits per heavy atom. The average Bonchev–Trinajstić information content (AvgIpc) is 3.46. The number of rotatable bonds is 5. The molecular weight excluding hydrogens is 402 g/mol. The van der Waals surface area contributed by atoms with E-state index in [4.69, 9.17) is 33.7 Å². The van der Waals surface area contributed by atoms with Crippen molar-refractivity contribution in [3.05, 3.63) is 57.3 Å². The summed E-state index contributed by atoms with van der Waals surface area (Å²) in [4.78, 5) is 13.3. The summed E-state index contributed by atoms with van der Waals surface area (Å²) in [6.07, 6.45) is 2.31. The fourth-order valence-electron chi connectivity index (χ4n) is 3.15. The number of carbonyl (C=O) groups excluding carboxylic acids is 1. The molecule has 28 heavy (non-hydrogen) atoms. The van der Waals surface area contributed by atoms with Gasteiger partial charge in [-0.15, -0.1) is 0 Å². The molecule has 2 aliphatic rings. The van der Waals surface area contributed by atoms with E-state index in [2.05, 4.69) is 17.0 Å². The van der Waals surface area contributed by atoms with Crippen molar-refractivity contribution in [2.24, 2.45) is 5.73 Å². The lowest BCUT2D eigenvalue weighted by Gasteiger charge is -2.41. The number of nitrogens with zero attached hydrogens (tertiary/aromatic N) is 1. The largest absolute Gasteiger partial charge is 0.485 e. The maximum atomic E-state index is 13.9. The molecule has 0 bridgehead atoms. The Labute approximate surface area is 174 Å². The molecule has 1 heterocycles. The lowest BCUT2D eigenvalue weighted by Crippen LogP contribution is -2.54. The normalized spacial score (nSPS) is 16.1. The standard InChI is InChI=1S/C19H17Cl2FN2O2.C2H6/c20-15-5-11(3-4-13(15)10-1-2-10)24-8-12(9-24)26-18-7-17(22)14(19(23)25)6-16(18)21;1-2/h3-7,10,12H,1-2,8-9H2,(H2,23,25);1-2H3. The van der Waals surface area contributed by atoms with Crippen LogP contribution in [-0.2, 0) is 0 Å². The van der Waals surface area contributed by atoms with Gasteiger partial charge in [0, 0.05) is 16.8 Å². The Hall–Kier alpha value is -1.98. The van der Waals surface area contributed by atoms with Gasteiger partial charge in [0.2, 0.25) is 0 Å². The highest BCUT2D eigenvalue weighted by molar-refractivity contribution is 6.32. The molecule has 2 aromatic carbocycles. The van der Waals surface area contributed by atoms with E-state index in [1.807, 2.05) is 19.9 Å². The van der Waals surface area contributed by atoms with E-state index >= 15 is 0 Å². The number of primary amides is 1. The van der Waals surface area contributed by atoms with Crippen LogP contribution in [0.4, 0.5) is 10.1 Å². The zero-order valence-corrected chi connectivity index (χ0v) is 17.4. The summed E-state index contributed by atoms with van der Waals surface area (Å²) in [5, 5.41) is 0.969. The molecule has 2 N–H and O–H groups in total. The molecule has 150 valence electrons. The van der Waals surface area contributed by atoms with E-state index < -0.39 is 11.7 Å².